The standard InChI is InChI=1S/C16H27N5O3/c1-11(2)7-14-18-15(24-19-14)10-20(3)16(23)12-5-4-6-21(8-12)9-13(17)22/h11-12H,4-10H2,1-3H3,(H2,17,22). The number of nitrogens with two attached hydrogens (primary N) is 1. The molecule has 1 atom stereocenters. The van der Waals surface area contributed by atoms with Crippen molar-refractivity contribution in [2.24, 2.45) is 17.6 Å². The van der Waals surface area contributed by atoms with E-state index in [0.717, 1.165) is 25.8 Å². The number of piperidine rings is 1. The van der Waals surface area contributed by atoms with Crippen LogP contribution in [0.3, 0.4) is 0 Å². The molecule has 2 amide bonds. The number of primary amides is 1. The Morgan fingerprint density at radius 2 is 2.21 bits per heavy atom. The van der Waals surface area contributed by atoms with Crippen molar-refractivity contribution in [2.75, 3.05) is 26.7 Å². The van der Waals surface area contributed by atoms with Gasteiger partial charge in [0.25, 0.3) is 0 Å². The molecule has 1 aliphatic rings. The smallest absolute Gasteiger partial charge is 0.246 e. The van der Waals surface area contributed by atoms with E-state index in [1.54, 1.807) is 11.9 Å². The van der Waals surface area contributed by atoms with E-state index in [9.17, 15) is 9.59 Å². The summed E-state index contributed by atoms with van der Waals surface area (Å²) in [4.78, 5) is 31.6. The van der Waals surface area contributed by atoms with Crippen LogP contribution >= 0.6 is 0 Å². The lowest BCUT2D eigenvalue weighted by molar-refractivity contribution is -0.137. The molecule has 0 saturated carbocycles. The van der Waals surface area contributed by atoms with Gasteiger partial charge in [-0.15, -0.1) is 0 Å². The van der Waals surface area contributed by atoms with Crippen LogP contribution in [0, 0.1) is 11.8 Å². The van der Waals surface area contributed by atoms with Gasteiger partial charge in [0.05, 0.1) is 19.0 Å². The summed E-state index contributed by atoms with van der Waals surface area (Å²) in [5, 5.41) is 3.94. The monoisotopic (exact) mass is 337 g/mol. The number of nitrogens with zero attached hydrogens (tertiary/aromatic N) is 4. The van der Waals surface area contributed by atoms with E-state index in [2.05, 4.69) is 24.0 Å². The molecule has 1 fully saturated rings. The molecule has 2 heterocycles. The summed E-state index contributed by atoms with van der Waals surface area (Å²) in [5.74, 6) is 1.12. The van der Waals surface area contributed by atoms with E-state index in [-0.39, 0.29) is 24.3 Å². The summed E-state index contributed by atoms with van der Waals surface area (Å²) >= 11 is 0. The first-order valence-corrected chi connectivity index (χ1v) is 8.42. The van der Waals surface area contributed by atoms with Gasteiger partial charge < -0.3 is 15.2 Å². The van der Waals surface area contributed by atoms with Crippen LogP contribution in [-0.4, -0.2) is 58.4 Å². The first-order valence-electron chi connectivity index (χ1n) is 8.42. The average molecular weight is 337 g/mol. The largest absolute Gasteiger partial charge is 0.369 e. The molecule has 24 heavy (non-hydrogen) atoms. The number of aromatic nitrogens is 2. The molecule has 8 nitrogen and oxygen atoms in total. The normalized spacial score (nSPS) is 18.8. The highest BCUT2D eigenvalue weighted by Crippen LogP contribution is 2.19. The number of rotatable bonds is 7. The molecule has 134 valence electrons. The number of carbonyl (C=O) groups excluding carboxylic acids is 2. The molecule has 2 N–H and O–H groups in total. The van der Waals surface area contributed by atoms with Gasteiger partial charge in [0.15, 0.2) is 5.82 Å². The fourth-order valence-corrected chi connectivity index (χ4v) is 3.02. The molecule has 0 bridgehead atoms. The summed E-state index contributed by atoms with van der Waals surface area (Å²) < 4.78 is 5.22. The van der Waals surface area contributed by atoms with Gasteiger partial charge in [-0.05, 0) is 25.3 Å². The maximum Gasteiger partial charge on any atom is 0.246 e. The SMILES string of the molecule is CC(C)Cc1noc(CN(C)C(=O)C2CCCN(CC(N)=O)C2)n1. The predicted molar refractivity (Wildman–Crippen MR) is 87.7 cm³/mol. The van der Waals surface area contributed by atoms with Gasteiger partial charge in [-0.2, -0.15) is 4.98 Å². The molecular formula is C16H27N5O3. The Hall–Kier alpha value is -1.96. The first kappa shape index (κ1) is 18.4. The fourth-order valence-electron chi connectivity index (χ4n) is 3.02. The van der Waals surface area contributed by atoms with Crippen molar-refractivity contribution < 1.29 is 14.1 Å². The van der Waals surface area contributed by atoms with Crippen LogP contribution in [0.5, 0.6) is 0 Å². The summed E-state index contributed by atoms with van der Waals surface area (Å²) in [5.41, 5.74) is 5.24. The lowest BCUT2D eigenvalue weighted by atomic mass is 9.96. The van der Waals surface area contributed by atoms with Crippen LogP contribution in [0.4, 0.5) is 0 Å². The van der Waals surface area contributed by atoms with Crippen LogP contribution in [0.15, 0.2) is 4.52 Å². The molecule has 1 unspecified atom stereocenters. The lowest BCUT2D eigenvalue weighted by Gasteiger charge is -2.32. The zero-order valence-electron chi connectivity index (χ0n) is 14.7. The second-order valence-electron chi connectivity index (χ2n) is 6.94. The summed E-state index contributed by atoms with van der Waals surface area (Å²) in [7, 11) is 1.74. The van der Waals surface area contributed by atoms with Crippen LogP contribution in [0.2, 0.25) is 0 Å². The van der Waals surface area contributed by atoms with Crippen molar-refractivity contribution in [2.45, 2.75) is 39.7 Å². The Labute approximate surface area is 142 Å². The minimum Gasteiger partial charge on any atom is -0.369 e. The van der Waals surface area contributed by atoms with E-state index in [4.69, 9.17) is 10.3 Å². The van der Waals surface area contributed by atoms with E-state index >= 15 is 0 Å². The summed E-state index contributed by atoms with van der Waals surface area (Å²) in [6, 6.07) is 0. The van der Waals surface area contributed by atoms with Crippen molar-refractivity contribution in [1.82, 2.24) is 19.9 Å². The highest BCUT2D eigenvalue weighted by atomic mass is 16.5. The number of amides is 2. The highest BCUT2D eigenvalue weighted by molar-refractivity contribution is 5.79. The van der Waals surface area contributed by atoms with Crippen LogP contribution in [0.25, 0.3) is 0 Å². The van der Waals surface area contributed by atoms with Gasteiger partial charge in [0, 0.05) is 20.0 Å². The zero-order chi connectivity index (χ0) is 17.7. The molecule has 2 rings (SSSR count). The third kappa shape index (κ3) is 5.30. The maximum atomic E-state index is 12.6. The minimum atomic E-state index is -0.361. The second-order valence-corrected chi connectivity index (χ2v) is 6.94. The van der Waals surface area contributed by atoms with E-state index in [1.165, 1.54) is 0 Å². The Balaban J connectivity index is 1.89. The molecule has 1 saturated heterocycles. The third-order valence-electron chi connectivity index (χ3n) is 4.08. The Morgan fingerprint density at radius 3 is 2.88 bits per heavy atom. The van der Waals surface area contributed by atoms with Crippen LogP contribution in [0.1, 0.15) is 38.4 Å². The molecule has 0 radical (unpaired) electrons. The Bertz CT molecular complexity index is 572. The molecule has 0 aromatic carbocycles. The van der Waals surface area contributed by atoms with E-state index < -0.39 is 0 Å². The maximum absolute atomic E-state index is 12.6. The molecule has 1 aromatic rings. The lowest BCUT2D eigenvalue weighted by Crippen LogP contribution is -2.46. The third-order valence-corrected chi connectivity index (χ3v) is 4.08. The summed E-state index contributed by atoms with van der Waals surface area (Å²) in [6.45, 7) is 6.05. The van der Waals surface area contributed by atoms with E-state index in [1.807, 2.05) is 4.90 Å². The topological polar surface area (TPSA) is 106 Å². The van der Waals surface area contributed by atoms with Gasteiger partial charge >= 0.3 is 0 Å². The van der Waals surface area contributed by atoms with Crippen molar-refractivity contribution in [3.05, 3.63) is 11.7 Å². The molecule has 0 spiro atoms. The van der Waals surface area contributed by atoms with Crippen molar-refractivity contribution >= 4 is 11.8 Å². The second kappa shape index (κ2) is 8.23. The number of carbonyl (C=O) groups is 2. The summed E-state index contributed by atoms with van der Waals surface area (Å²) in [6.07, 6.45) is 2.46. The van der Waals surface area contributed by atoms with Gasteiger partial charge in [-0.1, -0.05) is 19.0 Å². The van der Waals surface area contributed by atoms with Gasteiger partial charge in [-0.25, -0.2) is 0 Å². The molecule has 8 heteroatoms. The zero-order valence-corrected chi connectivity index (χ0v) is 14.7. The van der Waals surface area contributed by atoms with Crippen molar-refractivity contribution in [3.8, 4) is 0 Å². The van der Waals surface area contributed by atoms with E-state index in [0.29, 0.717) is 30.7 Å². The molecule has 1 aromatic heterocycles. The predicted octanol–water partition coefficient (Wildman–Crippen LogP) is 0.424. The van der Waals surface area contributed by atoms with Gasteiger partial charge in [0.2, 0.25) is 17.7 Å². The van der Waals surface area contributed by atoms with Crippen LogP contribution in [-0.2, 0) is 22.6 Å². The number of likely N-dealkylation sites (tertiary alicyclic amines) is 1. The molecule has 1 aliphatic heterocycles. The fraction of sp³-hybridized carbons (Fsp3) is 0.750. The Kier molecular flexibility index (Phi) is 6.30. The minimum absolute atomic E-state index is 0.0350. The quantitative estimate of drug-likeness (QED) is 0.773. The number of hydrogen-bond donors (Lipinski definition) is 1. The van der Waals surface area contributed by atoms with Gasteiger partial charge in [0.1, 0.15) is 0 Å². The first-order chi connectivity index (χ1) is 11.3. The number of hydrogen-bond acceptors (Lipinski definition) is 6. The highest BCUT2D eigenvalue weighted by Gasteiger charge is 2.29. The average Bonchev–Trinajstić information content (AvgIpc) is 2.92. The van der Waals surface area contributed by atoms with Crippen molar-refractivity contribution in [1.29, 1.82) is 0 Å². The Morgan fingerprint density at radius 1 is 1.46 bits per heavy atom. The van der Waals surface area contributed by atoms with Gasteiger partial charge in [-0.3, -0.25) is 14.5 Å². The van der Waals surface area contributed by atoms with Crippen LogP contribution < -0.4 is 5.73 Å². The van der Waals surface area contributed by atoms with Crippen molar-refractivity contribution in [3.63, 3.8) is 0 Å². The molecule has 0 aliphatic carbocycles. The molecular weight excluding hydrogens is 310 g/mol.